The van der Waals surface area contributed by atoms with Crippen molar-refractivity contribution in [3.05, 3.63) is 77.1 Å². The molecular weight excluding hydrogens is 326 g/mol. The van der Waals surface area contributed by atoms with Gasteiger partial charge >= 0.3 is 0 Å². The fourth-order valence-corrected chi connectivity index (χ4v) is 3.23. The summed E-state index contributed by atoms with van der Waals surface area (Å²) in [6.45, 7) is 4.06. The minimum atomic E-state index is -0.239. The molecule has 1 atom stereocenters. The number of anilines is 1. The van der Waals surface area contributed by atoms with Crippen molar-refractivity contribution < 1.29 is 4.74 Å². The number of aryl methyl sites for hydroxylation is 1. The van der Waals surface area contributed by atoms with Gasteiger partial charge < -0.3 is 9.64 Å². The van der Waals surface area contributed by atoms with Crippen molar-refractivity contribution in [2.75, 3.05) is 18.1 Å². The molecule has 0 unspecified atom stereocenters. The molecule has 2 aromatic carbocycles. The van der Waals surface area contributed by atoms with Crippen molar-refractivity contribution in [2.45, 2.75) is 19.7 Å². The second kappa shape index (κ2) is 6.98. The molecule has 2 heterocycles. The van der Waals surface area contributed by atoms with E-state index in [0.29, 0.717) is 18.7 Å². The molecule has 6 heteroatoms. The van der Waals surface area contributed by atoms with E-state index < -0.39 is 0 Å². The van der Waals surface area contributed by atoms with Gasteiger partial charge in [0.25, 0.3) is 0 Å². The molecule has 0 saturated carbocycles. The van der Waals surface area contributed by atoms with Gasteiger partial charge in [0, 0.05) is 12.2 Å². The van der Waals surface area contributed by atoms with Gasteiger partial charge in [-0.05, 0) is 36.2 Å². The summed E-state index contributed by atoms with van der Waals surface area (Å²) in [5.41, 5.74) is 4.69. The Hall–Kier alpha value is -3.17. The lowest BCUT2D eigenvalue weighted by atomic mass is 10.1. The molecular formula is C20H19N5O. The van der Waals surface area contributed by atoms with Gasteiger partial charge in [-0.3, -0.25) is 0 Å². The summed E-state index contributed by atoms with van der Waals surface area (Å²) in [4.78, 5) is 2.20. The van der Waals surface area contributed by atoms with Crippen LogP contribution in [0.3, 0.4) is 0 Å². The number of hydrogen-bond donors (Lipinski definition) is 0. The summed E-state index contributed by atoms with van der Waals surface area (Å²) in [5, 5.41) is 17.8. The zero-order valence-electron chi connectivity index (χ0n) is 14.5. The second-order valence-electron chi connectivity index (χ2n) is 6.37. The highest BCUT2D eigenvalue weighted by Gasteiger charge is 2.29. The van der Waals surface area contributed by atoms with Crippen LogP contribution in [-0.4, -0.2) is 28.1 Å². The van der Waals surface area contributed by atoms with E-state index in [9.17, 15) is 5.26 Å². The average molecular weight is 345 g/mol. The first-order chi connectivity index (χ1) is 12.7. The Labute approximate surface area is 152 Å². The van der Waals surface area contributed by atoms with E-state index in [4.69, 9.17) is 4.74 Å². The van der Waals surface area contributed by atoms with Crippen LogP contribution in [0.25, 0.3) is 0 Å². The van der Waals surface area contributed by atoms with Crippen LogP contribution in [0.4, 0.5) is 5.69 Å². The number of ether oxygens (including phenoxy) is 1. The summed E-state index contributed by atoms with van der Waals surface area (Å²) in [6, 6.07) is 18.1. The van der Waals surface area contributed by atoms with Crippen LogP contribution in [0.15, 0.2) is 54.7 Å². The standard InChI is InChI=1S/C20H19N5O/c1-15-5-4-8-18(11-15)25-9-10-26-20(25)19-14-24(23-22-19)13-17-7-3-2-6-16(17)12-21/h2-8,11,14,20H,9-10,13H2,1H3/t20-/m0/s1. The van der Waals surface area contributed by atoms with Gasteiger partial charge in [-0.15, -0.1) is 5.10 Å². The second-order valence-corrected chi connectivity index (χ2v) is 6.37. The highest BCUT2D eigenvalue weighted by Crippen LogP contribution is 2.31. The van der Waals surface area contributed by atoms with E-state index in [2.05, 4.69) is 52.5 Å². The predicted molar refractivity (Wildman–Crippen MR) is 97.5 cm³/mol. The van der Waals surface area contributed by atoms with E-state index >= 15 is 0 Å². The molecule has 1 aliphatic heterocycles. The SMILES string of the molecule is Cc1cccc(N2CCO[C@H]2c2cn(Cc3ccccc3C#N)nn2)c1. The third-order valence-corrected chi connectivity index (χ3v) is 4.50. The molecule has 4 rings (SSSR count). The van der Waals surface area contributed by atoms with Gasteiger partial charge in [0.2, 0.25) is 0 Å². The first kappa shape index (κ1) is 16.3. The summed E-state index contributed by atoms with van der Waals surface area (Å²) in [5.74, 6) is 0. The normalized spacial score (nSPS) is 16.6. The average Bonchev–Trinajstić information content (AvgIpc) is 3.31. The summed E-state index contributed by atoms with van der Waals surface area (Å²) in [7, 11) is 0. The summed E-state index contributed by atoms with van der Waals surface area (Å²) >= 11 is 0. The van der Waals surface area contributed by atoms with Crippen LogP contribution in [0.1, 0.15) is 28.6 Å². The van der Waals surface area contributed by atoms with Crippen LogP contribution >= 0.6 is 0 Å². The van der Waals surface area contributed by atoms with E-state index in [1.165, 1.54) is 5.56 Å². The zero-order valence-corrected chi connectivity index (χ0v) is 14.5. The van der Waals surface area contributed by atoms with Crippen LogP contribution < -0.4 is 4.90 Å². The van der Waals surface area contributed by atoms with Crippen molar-refractivity contribution in [3.8, 4) is 6.07 Å². The molecule has 1 saturated heterocycles. The monoisotopic (exact) mass is 345 g/mol. The lowest BCUT2D eigenvalue weighted by Crippen LogP contribution is -2.23. The lowest BCUT2D eigenvalue weighted by molar-refractivity contribution is 0.110. The summed E-state index contributed by atoms with van der Waals surface area (Å²) in [6.07, 6.45) is 1.66. The van der Waals surface area contributed by atoms with Gasteiger partial charge in [-0.1, -0.05) is 35.5 Å². The molecule has 0 amide bonds. The van der Waals surface area contributed by atoms with Crippen LogP contribution in [0.2, 0.25) is 0 Å². The number of nitriles is 1. The minimum Gasteiger partial charge on any atom is -0.350 e. The van der Waals surface area contributed by atoms with E-state index in [1.54, 1.807) is 4.68 Å². The molecule has 0 aliphatic carbocycles. The quantitative estimate of drug-likeness (QED) is 0.727. The first-order valence-electron chi connectivity index (χ1n) is 8.57. The molecule has 0 spiro atoms. The number of rotatable bonds is 4. The Kier molecular flexibility index (Phi) is 4.38. The van der Waals surface area contributed by atoms with Crippen LogP contribution in [0.5, 0.6) is 0 Å². The molecule has 0 N–H and O–H groups in total. The van der Waals surface area contributed by atoms with Crippen molar-refractivity contribution in [1.29, 1.82) is 5.26 Å². The number of hydrogen-bond acceptors (Lipinski definition) is 5. The van der Waals surface area contributed by atoms with Gasteiger partial charge in [-0.25, -0.2) is 4.68 Å². The molecule has 1 aromatic heterocycles. The highest BCUT2D eigenvalue weighted by atomic mass is 16.5. The van der Waals surface area contributed by atoms with Gasteiger partial charge in [0.05, 0.1) is 31.0 Å². The van der Waals surface area contributed by atoms with E-state index in [0.717, 1.165) is 23.5 Å². The van der Waals surface area contributed by atoms with Gasteiger partial charge in [-0.2, -0.15) is 5.26 Å². The Morgan fingerprint density at radius 2 is 2.12 bits per heavy atom. The van der Waals surface area contributed by atoms with Crippen LogP contribution in [0, 0.1) is 18.3 Å². The fourth-order valence-electron chi connectivity index (χ4n) is 3.23. The van der Waals surface area contributed by atoms with E-state index in [-0.39, 0.29) is 6.23 Å². The predicted octanol–water partition coefficient (Wildman–Crippen LogP) is 3.04. The number of aromatic nitrogens is 3. The molecule has 1 aliphatic rings. The first-order valence-corrected chi connectivity index (χ1v) is 8.57. The van der Waals surface area contributed by atoms with Crippen molar-refractivity contribution in [1.82, 2.24) is 15.0 Å². The Bertz CT molecular complexity index is 959. The van der Waals surface area contributed by atoms with Gasteiger partial charge in [0.15, 0.2) is 6.23 Å². The molecule has 1 fully saturated rings. The molecule has 6 nitrogen and oxygen atoms in total. The Balaban J connectivity index is 1.56. The molecule has 3 aromatic rings. The molecule has 130 valence electrons. The smallest absolute Gasteiger partial charge is 0.177 e. The molecule has 0 radical (unpaired) electrons. The third-order valence-electron chi connectivity index (χ3n) is 4.50. The van der Waals surface area contributed by atoms with Crippen molar-refractivity contribution >= 4 is 5.69 Å². The third kappa shape index (κ3) is 3.17. The lowest BCUT2D eigenvalue weighted by Gasteiger charge is -2.23. The minimum absolute atomic E-state index is 0.239. The molecule has 26 heavy (non-hydrogen) atoms. The molecule has 0 bridgehead atoms. The van der Waals surface area contributed by atoms with Gasteiger partial charge in [0.1, 0.15) is 5.69 Å². The van der Waals surface area contributed by atoms with Crippen molar-refractivity contribution in [2.24, 2.45) is 0 Å². The maximum absolute atomic E-state index is 9.24. The Morgan fingerprint density at radius 3 is 2.96 bits per heavy atom. The maximum atomic E-state index is 9.24. The van der Waals surface area contributed by atoms with Crippen molar-refractivity contribution in [3.63, 3.8) is 0 Å². The van der Waals surface area contributed by atoms with Crippen LogP contribution in [-0.2, 0) is 11.3 Å². The van der Waals surface area contributed by atoms with E-state index in [1.807, 2.05) is 30.5 Å². The topological polar surface area (TPSA) is 67.0 Å². The highest BCUT2D eigenvalue weighted by molar-refractivity contribution is 5.50. The Morgan fingerprint density at radius 1 is 1.23 bits per heavy atom. The largest absolute Gasteiger partial charge is 0.350 e. The number of benzene rings is 2. The fraction of sp³-hybridized carbons (Fsp3) is 0.250. The summed E-state index contributed by atoms with van der Waals surface area (Å²) < 4.78 is 7.66. The number of nitrogens with zero attached hydrogens (tertiary/aromatic N) is 5. The zero-order chi connectivity index (χ0) is 17.9. The maximum Gasteiger partial charge on any atom is 0.177 e.